The minimum Gasteiger partial charge on any atom is -0.369 e. The van der Waals surface area contributed by atoms with E-state index in [4.69, 9.17) is 11.6 Å². The lowest BCUT2D eigenvalue weighted by molar-refractivity contribution is 0.581. The first kappa shape index (κ1) is 10.4. The van der Waals surface area contributed by atoms with Gasteiger partial charge in [-0.05, 0) is 18.6 Å². The summed E-state index contributed by atoms with van der Waals surface area (Å²) in [6.45, 7) is 1.50. The molecule has 0 bridgehead atoms. The van der Waals surface area contributed by atoms with E-state index in [1.807, 2.05) is 5.43 Å². The van der Waals surface area contributed by atoms with Crippen molar-refractivity contribution in [3.05, 3.63) is 29.3 Å². The van der Waals surface area contributed by atoms with E-state index in [-0.39, 0.29) is 11.5 Å². The molecule has 0 aromatic heterocycles. The molecule has 14 heavy (non-hydrogen) atoms. The number of hydrazine groups is 1. The van der Waals surface area contributed by atoms with Crippen LogP contribution in [0.5, 0.6) is 0 Å². The summed E-state index contributed by atoms with van der Waals surface area (Å²) in [5.74, 6) is 3.12. The zero-order valence-corrected chi connectivity index (χ0v) is 7.51. The number of nitrogens with two attached hydrogens (primary N) is 2. The van der Waals surface area contributed by atoms with Gasteiger partial charge in [-0.1, -0.05) is 6.07 Å². The van der Waals surface area contributed by atoms with Gasteiger partial charge in [-0.3, -0.25) is 5.43 Å². The molecule has 1 aromatic carbocycles. The fourth-order valence-corrected chi connectivity index (χ4v) is 0.897. The number of benzene rings is 1. The molecular formula is C8H10F2N4. The maximum atomic E-state index is 13.3. The third-order valence-electron chi connectivity index (χ3n) is 1.64. The number of aliphatic imine (C=N–C) groups is 1. The normalized spacial score (nSPS) is 11.6. The Morgan fingerprint density at radius 3 is 2.64 bits per heavy atom. The van der Waals surface area contributed by atoms with E-state index in [9.17, 15) is 8.78 Å². The Morgan fingerprint density at radius 1 is 1.43 bits per heavy atom. The Morgan fingerprint density at radius 2 is 2.07 bits per heavy atom. The quantitative estimate of drug-likeness (QED) is 0.270. The smallest absolute Gasteiger partial charge is 0.208 e. The van der Waals surface area contributed by atoms with Crippen molar-refractivity contribution in [2.75, 3.05) is 0 Å². The molecule has 76 valence electrons. The summed E-state index contributed by atoms with van der Waals surface area (Å²) in [7, 11) is 0. The van der Waals surface area contributed by atoms with Crippen LogP contribution in [0, 0.1) is 18.6 Å². The van der Waals surface area contributed by atoms with Crippen LogP contribution in [0.2, 0.25) is 0 Å². The molecule has 0 aliphatic heterocycles. The highest BCUT2D eigenvalue weighted by molar-refractivity contribution is 5.80. The fraction of sp³-hybridized carbons (Fsp3) is 0.125. The van der Waals surface area contributed by atoms with Crippen LogP contribution < -0.4 is 17.0 Å². The summed E-state index contributed by atoms with van der Waals surface area (Å²) < 4.78 is 26.3. The first-order valence-electron chi connectivity index (χ1n) is 3.81. The minimum atomic E-state index is -0.786. The van der Waals surface area contributed by atoms with E-state index in [1.165, 1.54) is 13.0 Å². The summed E-state index contributed by atoms with van der Waals surface area (Å²) in [6, 6.07) is 2.43. The number of nitrogens with zero attached hydrogens (tertiary/aromatic N) is 1. The van der Waals surface area contributed by atoms with Gasteiger partial charge >= 0.3 is 0 Å². The molecule has 6 heteroatoms. The van der Waals surface area contributed by atoms with E-state index >= 15 is 0 Å². The van der Waals surface area contributed by atoms with E-state index in [1.54, 1.807) is 0 Å². The molecule has 0 spiro atoms. The van der Waals surface area contributed by atoms with Crippen molar-refractivity contribution in [1.29, 1.82) is 0 Å². The van der Waals surface area contributed by atoms with Crippen molar-refractivity contribution in [2.45, 2.75) is 6.92 Å². The number of hydrogen-bond donors (Lipinski definition) is 3. The van der Waals surface area contributed by atoms with E-state index in [0.29, 0.717) is 0 Å². The van der Waals surface area contributed by atoms with Crippen molar-refractivity contribution in [1.82, 2.24) is 5.43 Å². The van der Waals surface area contributed by atoms with Crippen molar-refractivity contribution < 1.29 is 8.78 Å². The van der Waals surface area contributed by atoms with Gasteiger partial charge in [0.1, 0.15) is 5.69 Å². The topological polar surface area (TPSA) is 76.4 Å². The van der Waals surface area contributed by atoms with Crippen LogP contribution in [0.15, 0.2) is 17.1 Å². The van der Waals surface area contributed by atoms with Crippen LogP contribution in [0.1, 0.15) is 5.56 Å². The molecule has 1 aromatic rings. The molecule has 0 fully saturated rings. The second-order valence-electron chi connectivity index (χ2n) is 2.67. The predicted molar refractivity (Wildman–Crippen MR) is 49.7 cm³/mol. The summed E-state index contributed by atoms with van der Waals surface area (Å²) >= 11 is 0. The van der Waals surface area contributed by atoms with Gasteiger partial charge in [0.05, 0.1) is 0 Å². The van der Waals surface area contributed by atoms with Crippen LogP contribution in [-0.4, -0.2) is 5.96 Å². The molecule has 0 aliphatic rings. The highest BCUT2D eigenvalue weighted by Crippen LogP contribution is 2.24. The Hall–Kier alpha value is -1.69. The van der Waals surface area contributed by atoms with Gasteiger partial charge in [-0.25, -0.2) is 19.6 Å². The number of nitrogens with one attached hydrogen (secondary N) is 1. The second kappa shape index (κ2) is 4.01. The average molecular weight is 200 g/mol. The molecule has 5 N–H and O–H groups in total. The number of rotatable bonds is 1. The standard InChI is InChI=1S/C8H10F2N4/c1-4-2-3-5(9)7(6(4)10)13-8(11)14-12/h2-3H,12H2,1H3,(H3,11,13,14). The Labute approximate surface area is 79.6 Å². The zero-order chi connectivity index (χ0) is 10.7. The minimum absolute atomic E-state index is 0.256. The molecule has 0 saturated carbocycles. The Balaban J connectivity index is 3.26. The summed E-state index contributed by atoms with van der Waals surface area (Å²) in [5.41, 5.74) is 7.00. The van der Waals surface area contributed by atoms with E-state index < -0.39 is 17.3 Å². The van der Waals surface area contributed by atoms with E-state index in [2.05, 4.69) is 4.99 Å². The summed E-state index contributed by atoms with van der Waals surface area (Å²) in [6.07, 6.45) is 0. The fourth-order valence-electron chi connectivity index (χ4n) is 0.897. The van der Waals surface area contributed by atoms with E-state index in [0.717, 1.165) is 6.07 Å². The molecule has 0 saturated heterocycles. The van der Waals surface area contributed by atoms with Gasteiger partial charge in [-0.2, -0.15) is 0 Å². The molecule has 0 atom stereocenters. The number of halogens is 2. The Kier molecular flexibility index (Phi) is 2.98. The average Bonchev–Trinajstić information content (AvgIpc) is 2.18. The lowest BCUT2D eigenvalue weighted by Gasteiger charge is -2.03. The van der Waals surface area contributed by atoms with Crippen molar-refractivity contribution >= 4 is 11.6 Å². The van der Waals surface area contributed by atoms with Gasteiger partial charge in [0, 0.05) is 0 Å². The molecule has 0 unspecified atom stereocenters. The van der Waals surface area contributed by atoms with Crippen molar-refractivity contribution in [3.8, 4) is 0 Å². The third-order valence-corrected chi connectivity index (χ3v) is 1.64. The SMILES string of the molecule is Cc1ccc(F)c(N=C(N)NN)c1F. The monoisotopic (exact) mass is 200 g/mol. The molecular weight excluding hydrogens is 190 g/mol. The van der Waals surface area contributed by atoms with Gasteiger partial charge in [0.15, 0.2) is 11.6 Å². The second-order valence-corrected chi connectivity index (χ2v) is 2.67. The number of hydrogen-bond acceptors (Lipinski definition) is 2. The lowest BCUT2D eigenvalue weighted by Crippen LogP contribution is -2.36. The number of guanidine groups is 1. The van der Waals surface area contributed by atoms with Crippen LogP contribution in [0.3, 0.4) is 0 Å². The van der Waals surface area contributed by atoms with Gasteiger partial charge in [-0.15, -0.1) is 0 Å². The first-order valence-corrected chi connectivity index (χ1v) is 3.81. The van der Waals surface area contributed by atoms with Crippen molar-refractivity contribution in [2.24, 2.45) is 16.6 Å². The molecule has 4 nitrogen and oxygen atoms in total. The molecule has 0 amide bonds. The molecule has 0 radical (unpaired) electrons. The van der Waals surface area contributed by atoms with Gasteiger partial charge in [0.25, 0.3) is 0 Å². The predicted octanol–water partition coefficient (Wildman–Crippen LogP) is 0.683. The largest absolute Gasteiger partial charge is 0.369 e. The lowest BCUT2D eigenvalue weighted by atomic mass is 10.2. The maximum absolute atomic E-state index is 13.3. The highest BCUT2D eigenvalue weighted by atomic mass is 19.1. The maximum Gasteiger partial charge on any atom is 0.208 e. The van der Waals surface area contributed by atoms with Crippen LogP contribution in [-0.2, 0) is 0 Å². The summed E-state index contributed by atoms with van der Waals surface area (Å²) in [5, 5.41) is 0. The van der Waals surface area contributed by atoms with Gasteiger partial charge < -0.3 is 5.73 Å². The zero-order valence-electron chi connectivity index (χ0n) is 7.51. The highest BCUT2D eigenvalue weighted by Gasteiger charge is 2.10. The van der Waals surface area contributed by atoms with Crippen LogP contribution in [0.25, 0.3) is 0 Å². The van der Waals surface area contributed by atoms with Gasteiger partial charge in [0.2, 0.25) is 5.96 Å². The number of aryl methyl sites for hydroxylation is 1. The summed E-state index contributed by atoms with van der Waals surface area (Å²) in [4.78, 5) is 3.45. The molecule has 1 rings (SSSR count). The van der Waals surface area contributed by atoms with Crippen molar-refractivity contribution in [3.63, 3.8) is 0 Å². The molecule has 0 heterocycles. The first-order chi connectivity index (χ1) is 6.56. The Bertz CT molecular complexity index is 376. The molecule has 0 aliphatic carbocycles. The van der Waals surface area contributed by atoms with Crippen LogP contribution in [0.4, 0.5) is 14.5 Å². The third kappa shape index (κ3) is 1.97. The van der Waals surface area contributed by atoms with Crippen LogP contribution >= 0.6 is 0 Å².